The number of carbonyl (C=O) groups excluding carboxylic acids is 1. The molecule has 0 saturated carbocycles. The van der Waals surface area contributed by atoms with E-state index in [-0.39, 0.29) is 5.78 Å². The quantitative estimate of drug-likeness (QED) is 0.521. The molecular formula is C17H13BNO. The van der Waals surface area contributed by atoms with Crippen LogP contribution < -0.4 is 5.73 Å². The highest BCUT2D eigenvalue weighted by Crippen LogP contribution is 2.25. The largest absolute Gasteiger partial charge is 0.398 e. The summed E-state index contributed by atoms with van der Waals surface area (Å²) in [6, 6.07) is 15.6. The number of anilines is 1. The molecule has 1 aliphatic heterocycles. The first-order valence-electron chi connectivity index (χ1n) is 6.47. The van der Waals surface area contributed by atoms with Crippen LogP contribution in [0.5, 0.6) is 0 Å². The lowest BCUT2D eigenvalue weighted by atomic mass is 9.70. The van der Waals surface area contributed by atoms with Gasteiger partial charge < -0.3 is 5.73 Å². The van der Waals surface area contributed by atoms with Gasteiger partial charge in [-0.1, -0.05) is 48.6 Å². The van der Waals surface area contributed by atoms with E-state index >= 15 is 0 Å². The summed E-state index contributed by atoms with van der Waals surface area (Å²) in [5.74, 6) is 1.81. The van der Waals surface area contributed by atoms with Crippen LogP contribution in [0.1, 0.15) is 10.4 Å². The Balaban J connectivity index is 1.94. The van der Waals surface area contributed by atoms with Gasteiger partial charge in [0.25, 0.3) is 0 Å². The molecular weight excluding hydrogens is 245 g/mol. The number of carbonyl (C=O) groups is 1. The molecule has 1 heterocycles. The molecule has 3 rings (SSSR count). The Hall–Kier alpha value is -2.55. The molecule has 1 radical (unpaired) electrons. The van der Waals surface area contributed by atoms with E-state index in [1.807, 2.05) is 54.5 Å². The second kappa shape index (κ2) is 5.21. The molecule has 2 nitrogen and oxygen atoms in total. The van der Waals surface area contributed by atoms with Gasteiger partial charge in [0.1, 0.15) is 0 Å². The first kappa shape index (κ1) is 12.5. The molecule has 0 amide bonds. The van der Waals surface area contributed by atoms with Gasteiger partial charge in [-0.2, -0.15) is 0 Å². The third-order valence-electron chi connectivity index (χ3n) is 3.33. The molecule has 20 heavy (non-hydrogen) atoms. The lowest BCUT2D eigenvalue weighted by Crippen LogP contribution is -2.09. The van der Waals surface area contributed by atoms with Crippen LogP contribution in [0.15, 0.2) is 72.1 Å². The first-order valence-corrected chi connectivity index (χ1v) is 6.47. The predicted molar refractivity (Wildman–Crippen MR) is 83.6 cm³/mol. The van der Waals surface area contributed by atoms with E-state index in [0.29, 0.717) is 16.7 Å². The lowest BCUT2D eigenvalue weighted by molar-refractivity contribution is 0.104. The Labute approximate surface area is 118 Å². The topological polar surface area (TPSA) is 43.1 Å². The van der Waals surface area contributed by atoms with Crippen molar-refractivity contribution in [3.8, 4) is 11.1 Å². The molecule has 3 heteroatoms. The van der Waals surface area contributed by atoms with E-state index < -0.39 is 0 Å². The van der Waals surface area contributed by atoms with Crippen molar-refractivity contribution in [2.75, 3.05) is 5.73 Å². The van der Waals surface area contributed by atoms with E-state index in [2.05, 4.69) is 0 Å². The fourth-order valence-electron chi connectivity index (χ4n) is 2.26. The second-order valence-electron chi connectivity index (χ2n) is 4.67. The average molecular weight is 258 g/mol. The highest BCUT2D eigenvalue weighted by molar-refractivity contribution is 6.61. The Morgan fingerprint density at radius 2 is 1.80 bits per heavy atom. The first-order chi connectivity index (χ1) is 9.75. The van der Waals surface area contributed by atoms with Crippen molar-refractivity contribution in [2.45, 2.75) is 0 Å². The summed E-state index contributed by atoms with van der Waals surface area (Å²) in [4.78, 5) is 12.3. The number of ketones is 1. The number of allylic oxidation sites excluding steroid dienone is 3. The standard InChI is InChI=1S/C17H13BNO/c19-16-11-13(12-5-2-1-3-6-12)8-9-14(16)17(20)15-7-4-10-18-15/h1-11H,19H2. The Kier molecular flexibility index (Phi) is 3.26. The molecule has 2 aromatic rings. The fourth-order valence-corrected chi connectivity index (χ4v) is 2.26. The van der Waals surface area contributed by atoms with Crippen molar-refractivity contribution in [3.05, 3.63) is 77.7 Å². The molecule has 0 saturated heterocycles. The van der Waals surface area contributed by atoms with Gasteiger partial charge in [-0.3, -0.25) is 4.79 Å². The summed E-state index contributed by atoms with van der Waals surface area (Å²) in [5.41, 5.74) is 9.88. The molecule has 2 aromatic carbocycles. The fraction of sp³-hybridized carbons (Fsp3) is 0. The summed E-state index contributed by atoms with van der Waals surface area (Å²) >= 11 is 0. The highest BCUT2D eigenvalue weighted by atomic mass is 16.1. The molecule has 95 valence electrons. The molecule has 0 atom stereocenters. The maximum atomic E-state index is 12.3. The van der Waals surface area contributed by atoms with Gasteiger partial charge in [-0.05, 0) is 28.7 Å². The van der Waals surface area contributed by atoms with E-state index in [0.717, 1.165) is 11.1 Å². The van der Waals surface area contributed by atoms with Crippen LogP contribution in [0.2, 0.25) is 0 Å². The third-order valence-corrected chi connectivity index (χ3v) is 3.33. The van der Waals surface area contributed by atoms with Crippen molar-refractivity contribution in [1.82, 2.24) is 0 Å². The summed E-state index contributed by atoms with van der Waals surface area (Å²) < 4.78 is 0. The Morgan fingerprint density at radius 1 is 1.00 bits per heavy atom. The highest BCUT2D eigenvalue weighted by Gasteiger charge is 2.16. The maximum absolute atomic E-state index is 12.3. The van der Waals surface area contributed by atoms with Crippen molar-refractivity contribution < 1.29 is 4.79 Å². The van der Waals surface area contributed by atoms with Crippen LogP contribution in [-0.4, -0.2) is 13.1 Å². The molecule has 0 aromatic heterocycles. The summed E-state index contributed by atoms with van der Waals surface area (Å²) in [5, 5.41) is 0. The predicted octanol–water partition coefficient (Wildman–Crippen LogP) is 3.23. The molecule has 0 aliphatic carbocycles. The molecule has 0 unspecified atom stereocenters. The zero-order valence-electron chi connectivity index (χ0n) is 10.9. The normalized spacial score (nSPS) is 12.9. The smallest absolute Gasteiger partial charge is 0.186 e. The van der Waals surface area contributed by atoms with Crippen LogP contribution in [0.3, 0.4) is 0 Å². The van der Waals surface area contributed by atoms with Crippen molar-refractivity contribution in [3.63, 3.8) is 0 Å². The van der Waals surface area contributed by atoms with Crippen molar-refractivity contribution in [2.24, 2.45) is 0 Å². The Morgan fingerprint density at radius 3 is 2.45 bits per heavy atom. The van der Waals surface area contributed by atoms with E-state index in [4.69, 9.17) is 5.73 Å². The van der Waals surface area contributed by atoms with E-state index in [1.54, 1.807) is 19.4 Å². The minimum Gasteiger partial charge on any atom is -0.398 e. The Bertz CT molecular complexity index is 717. The average Bonchev–Trinajstić information content (AvgIpc) is 3.01. The molecule has 0 bridgehead atoms. The van der Waals surface area contributed by atoms with E-state index in [1.165, 1.54) is 0 Å². The lowest BCUT2D eigenvalue weighted by Gasteiger charge is -2.08. The van der Waals surface area contributed by atoms with Crippen LogP contribution in [0, 0.1) is 0 Å². The van der Waals surface area contributed by atoms with Crippen LogP contribution in [-0.2, 0) is 0 Å². The number of nitrogen functional groups attached to an aromatic ring is 1. The summed E-state index contributed by atoms with van der Waals surface area (Å²) in [6.07, 6.45) is 3.65. The molecule has 0 spiro atoms. The van der Waals surface area contributed by atoms with Gasteiger partial charge in [0.15, 0.2) is 13.1 Å². The number of benzene rings is 2. The zero-order valence-corrected chi connectivity index (χ0v) is 10.9. The van der Waals surface area contributed by atoms with Crippen molar-refractivity contribution >= 4 is 18.8 Å². The maximum Gasteiger partial charge on any atom is 0.186 e. The molecule has 1 aliphatic rings. The molecule has 0 fully saturated rings. The van der Waals surface area contributed by atoms with Gasteiger partial charge in [-0.25, -0.2) is 0 Å². The number of rotatable bonds is 3. The zero-order chi connectivity index (χ0) is 13.9. The number of Topliss-reactive ketones (excluding diaryl/α,β-unsaturated/α-hetero) is 1. The number of nitrogens with two attached hydrogens (primary N) is 1. The number of hydrogen-bond donors (Lipinski definition) is 1. The second-order valence-corrected chi connectivity index (χ2v) is 4.67. The molecule has 2 N–H and O–H groups in total. The van der Waals surface area contributed by atoms with Crippen LogP contribution in [0.4, 0.5) is 5.69 Å². The van der Waals surface area contributed by atoms with Gasteiger partial charge in [0.2, 0.25) is 0 Å². The van der Waals surface area contributed by atoms with Gasteiger partial charge >= 0.3 is 0 Å². The SMILES string of the molecule is Nc1cc(-c2ccccc2)ccc1C(=O)C1=CC=C[B]1. The van der Waals surface area contributed by atoms with Crippen molar-refractivity contribution in [1.29, 1.82) is 0 Å². The minimum atomic E-state index is -0.0351. The summed E-state index contributed by atoms with van der Waals surface area (Å²) in [7, 11) is 1.80. The summed E-state index contributed by atoms with van der Waals surface area (Å²) in [6.45, 7) is 0. The third kappa shape index (κ3) is 2.30. The van der Waals surface area contributed by atoms with Gasteiger partial charge in [0, 0.05) is 11.3 Å². The monoisotopic (exact) mass is 258 g/mol. The van der Waals surface area contributed by atoms with E-state index in [9.17, 15) is 4.79 Å². The van der Waals surface area contributed by atoms with Gasteiger partial charge in [0.05, 0.1) is 0 Å². The van der Waals surface area contributed by atoms with Crippen LogP contribution >= 0.6 is 0 Å². The van der Waals surface area contributed by atoms with Crippen LogP contribution in [0.25, 0.3) is 11.1 Å². The number of hydrogen-bond acceptors (Lipinski definition) is 2. The minimum absolute atomic E-state index is 0.0351. The van der Waals surface area contributed by atoms with Gasteiger partial charge in [-0.15, -0.1) is 5.98 Å².